The number of pyridine rings is 1. The maximum atomic E-state index is 12.3. The van der Waals surface area contributed by atoms with Crippen LogP contribution in [0.1, 0.15) is 5.56 Å². The molecule has 0 amide bonds. The molecule has 2 aromatic rings. The fraction of sp³-hybridized carbons (Fsp3) is 0.0833. The second-order valence-electron chi connectivity index (χ2n) is 4.11. The van der Waals surface area contributed by atoms with Gasteiger partial charge in [-0.25, -0.2) is 13.4 Å². The van der Waals surface area contributed by atoms with Crippen molar-refractivity contribution in [2.24, 2.45) is 0 Å². The second kappa shape index (κ2) is 5.71. The van der Waals surface area contributed by atoms with E-state index >= 15 is 0 Å². The molecule has 0 saturated carbocycles. The Labute approximate surface area is 133 Å². The summed E-state index contributed by atoms with van der Waals surface area (Å²) in [4.78, 5) is 3.99. The Morgan fingerprint density at radius 3 is 2.50 bits per heavy atom. The molecule has 0 aliphatic rings. The number of hydrogen-bond acceptors (Lipinski definition) is 4. The van der Waals surface area contributed by atoms with Crippen molar-refractivity contribution in [3.63, 3.8) is 0 Å². The van der Waals surface area contributed by atoms with E-state index in [-0.39, 0.29) is 4.90 Å². The first-order valence-electron chi connectivity index (χ1n) is 5.49. The molecule has 106 valence electrons. The van der Waals surface area contributed by atoms with Crippen molar-refractivity contribution in [2.45, 2.75) is 11.8 Å². The molecule has 20 heavy (non-hydrogen) atoms. The number of aromatic nitrogens is 1. The van der Waals surface area contributed by atoms with Gasteiger partial charge < -0.3 is 5.73 Å². The van der Waals surface area contributed by atoms with E-state index in [0.29, 0.717) is 16.0 Å². The lowest BCUT2D eigenvalue weighted by Gasteiger charge is -2.11. The molecule has 3 N–H and O–H groups in total. The van der Waals surface area contributed by atoms with Crippen LogP contribution in [0.4, 0.5) is 11.5 Å². The van der Waals surface area contributed by atoms with Gasteiger partial charge in [0.2, 0.25) is 0 Å². The van der Waals surface area contributed by atoms with E-state index in [2.05, 4.69) is 41.6 Å². The van der Waals surface area contributed by atoms with E-state index in [1.165, 1.54) is 12.3 Å². The molecule has 0 aliphatic carbocycles. The van der Waals surface area contributed by atoms with Crippen molar-refractivity contribution in [3.8, 4) is 0 Å². The molecule has 1 heterocycles. The maximum absolute atomic E-state index is 12.3. The van der Waals surface area contributed by atoms with Crippen molar-refractivity contribution in [3.05, 3.63) is 45.0 Å². The van der Waals surface area contributed by atoms with Gasteiger partial charge in [0, 0.05) is 8.95 Å². The predicted molar refractivity (Wildman–Crippen MR) is 86.0 cm³/mol. The lowest BCUT2D eigenvalue weighted by molar-refractivity contribution is 0.600. The number of anilines is 2. The van der Waals surface area contributed by atoms with Gasteiger partial charge in [0.25, 0.3) is 10.0 Å². The van der Waals surface area contributed by atoms with Crippen LogP contribution in [0, 0.1) is 6.92 Å². The van der Waals surface area contributed by atoms with Crippen LogP contribution in [-0.2, 0) is 10.0 Å². The van der Waals surface area contributed by atoms with E-state index < -0.39 is 10.0 Å². The Bertz CT molecular complexity index is 746. The first-order chi connectivity index (χ1) is 9.29. The minimum absolute atomic E-state index is 0.145. The molecule has 0 unspecified atom stereocenters. The quantitative estimate of drug-likeness (QED) is 0.797. The van der Waals surface area contributed by atoms with Crippen LogP contribution in [0.3, 0.4) is 0 Å². The first-order valence-corrected chi connectivity index (χ1v) is 8.56. The number of nitrogens with one attached hydrogen (secondary N) is 1. The zero-order chi connectivity index (χ0) is 14.9. The SMILES string of the molecule is Cc1cc(Br)c(S(=O)(=O)Nc2ccc(N)nc2)cc1Br. The third kappa shape index (κ3) is 3.31. The van der Waals surface area contributed by atoms with Gasteiger partial charge in [0.1, 0.15) is 10.7 Å². The van der Waals surface area contributed by atoms with E-state index in [4.69, 9.17) is 5.73 Å². The highest BCUT2D eigenvalue weighted by molar-refractivity contribution is 9.11. The van der Waals surface area contributed by atoms with Crippen LogP contribution in [0.15, 0.2) is 44.3 Å². The fourth-order valence-corrected chi connectivity index (χ4v) is 4.23. The van der Waals surface area contributed by atoms with Crippen LogP contribution >= 0.6 is 31.9 Å². The second-order valence-corrected chi connectivity index (χ2v) is 7.47. The summed E-state index contributed by atoms with van der Waals surface area (Å²) < 4.78 is 28.4. The number of sulfonamides is 1. The van der Waals surface area contributed by atoms with Gasteiger partial charge in [0.05, 0.1) is 11.9 Å². The van der Waals surface area contributed by atoms with Crippen molar-refractivity contribution >= 4 is 53.4 Å². The largest absolute Gasteiger partial charge is 0.384 e. The van der Waals surface area contributed by atoms with E-state index in [1.54, 1.807) is 18.2 Å². The van der Waals surface area contributed by atoms with Gasteiger partial charge in [-0.2, -0.15) is 0 Å². The number of hydrogen-bond donors (Lipinski definition) is 2. The summed E-state index contributed by atoms with van der Waals surface area (Å²) >= 11 is 6.59. The van der Waals surface area contributed by atoms with Crippen molar-refractivity contribution < 1.29 is 8.42 Å². The van der Waals surface area contributed by atoms with Crippen LogP contribution in [0.5, 0.6) is 0 Å². The number of nitrogen functional groups attached to an aromatic ring is 1. The van der Waals surface area contributed by atoms with Gasteiger partial charge in [-0.15, -0.1) is 0 Å². The number of benzene rings is 1. The van der Waals surface area contributed by atoms with Crippen molar-refractivity contribution in [1.82, 2.24) is 4.98 Å². The van der Waals surface area contributed by atoms with Crippen molar-refractivity contribution in [2.75, 3.05) is 10.5 Å². The topological polar surface area (TPSA) is 85.1 Å². The van der Waals surface area contributed by atoms with Gasteiger partial charge in [0.15, 0.2) is 0 Å². The summed E-state index contributed by atoms with van der Waals surface area (Å²) in [5.74, 6) is 0.326. The highest BCUT2D eigenvalue weighted by Crippen LogP contribution is 2.30. The molecule has 0 atom stereocenters. The first kappa shape index (κ1) is 15.3. The van der Waals surface area contributed by atoms with Gasteiger partial charge >= 0.3 is 0 Å². The number of halogens is 2. The van der Waals surface area contributed by atoms with E-state index in [9.17, 15) is 8.42 Å². The standard InChI is InChI=1S/C12H11Br2N3O2S/c1-7-4-10(14)11(5-9(7)13)20(18,19)17-8-2-3-12(15)16-6-8/h2-6,17H,1H3,(H2,15,16). The molecule has 2 rings (SSSR count). The normalized spacial score (nSPS) is 11.3. The average molecular weight is 421 g/mol. The molecular formula is C12H11Br2N3O2S. The van der Waals surface area contributed by atoms with Crippen LogP contribution in [-0.4, -0.2) is 13.4 Å². The Morgan fingerprint density at radius 2 is 1.90 bits per heavy atom. The minimum atomic E-state index is -3.70. The molecule has 0 aliphatic heterocycles. The minimum Gasteiger partial charge on any atom is -0.384 e. The van der Waals surface area contributed by atoms with Crippen LogP contribution in [0.25, 0.3) is 0 Å². The van der Waals surface area contributed by atoms with Crippen LogP contribution < -0.4 is 10.5 Å². The lowest BCUT2D eigenvalue weighted by Crippen LogP contribution is -2.14. The molecule has 0 radical (unpaired) electrons. The van der Waals surface area contributed by atoms with Crippen molar-refractivity contribution in [1.29, 1.82) is 0 Å². The Kier molecular flexibility index (Phi) is 4.36. The highest BCUT2D eigenvalue weighted by Gasteiger charge is 2.19. The smallest absolute Gasteiger partial charge is 0.263 e. The average Bonchev–Trinajstić information content (AvgIpc) is 2.36. The molecule has 1 aromatic heterocycles. The molecule has 5 nitrogen and oxygen atoms in total. The Balaban J connectivity index is 2.40. The zero-order valence-corrected chi connectivity index (χ0v) is 14.4. The third-order valence-corrected chi connectivity index (χ3v) is 5.74. The van der Waals surface area contributed by atoms with Gasteiger partial charge in [-0.05, 0) is 52.7 Å². The summed E-state index contributed by atoms with van der Waals surface area (Å²) in [5.41, 5.74) is 6.75. The number of nitrogens with zero attached hydrogens (tertiary/aromatic N) is 1. The molecule has 0 fully saturated rings. The lowest BCUT2D eigenvalue weighted by atomic mass is 10.2. The van der Waals surface area contributed by atoms with Crippen LogP contribution in [0.2, 0.25) is 0 Å². The molecule has 0 saturated heterocycles. The summed E-state index contributed by atoms with van der Waals surface area (Å²) in [7, 11) is -3.70. The molecular weight excluding hydrogens is 410 g/mol. The highest BCUT2D eigenvalue weighted by atomic mass is 79.9. The summed E-state index contributed by atoms with van der Waals surface area (Å²) in [6, 6.07) is 6.36. The summed E-state index contributed by atoms with van der Waals surface area (Å²) in [5, 5.41) is 0. The molecule has 1 aromatic carbocycles. The Morgan fingerprint density at radius 1 is 1.20 bits per heavy atom. The van der Waals surface area contributed by atoms with E-state index in [1.807, 2.05) is 6.92 Å². The van der Waals surface area contributed by atoms with Gasteiger partial charge in [-0.3, -0.25) is 4.72 Å². The Hall–Kier alpha value is -1.12. The fourth-order valence-electron chi connectivity index (χ4n) is 1.51. The zero-order valence-electron chi connectivity index (χ0n) is 10.4. The maximum Gasteiger partial charge on any atom is 0.263 e. The molecule has 0 bridgehead atoms. The van der Waals surface area contributed by atoms with Gasteiger partial charge in [-0.1, -0.05) is 15.9 Å². The molecule has 8 heteroatoms. The summed E-state index contributed by atoms with van der Waals surface area (Å²) in [6.45, 7) is 1.88. The third-order valence-electron chi connectivity index (χ3n) is 2.54. The molecule has 0 spiro atoms. The predicted octanol–water partition coefficient (Wildman–Crippen LogP) is 3.30. The summed E-state index contributed by atoms with van der Waals surface area (Å²) in [6.07, 6.45) is 1.37. The monoisotopic (exact) mass is 419 g/mol. The number of nitrogens with two attached hydrogens (primary N) is 1. The number of aryl methyl sites for hydroxylation is 1. The van der Waals surface area contributed by atoms with E-state index in [0.717, 1.165) is 10.0 Å². The number of rotatable bonds is 3.